The molecule has 0 fully saturated rings. The molecule has 1 aliphatic heterocycles. The minimum atomic E-state index is -3.55. The minimum absolute atomic E-state index is 0.0416. The van der Waals surface area contributed by atoms with E-state index in [1.807, 2.05) is 0 Å². The van der Waals surface area contributed by atoms with Crippen LogP contribution in [0.1, 0.15) is 82.3 Å². The first-order valence-electron chi connectivity index (χ1n) is 14.9. The van der Waals surface area contributed by atoms with E-state index in [0.717, 1.165) is 19.1 Å². The summed E-state index contributed by atoms with van der Waals surface area (Å²) in [5, 5.41) is 2.53. The predicted octanol–water partition coefficient (Wildman–Crippen LogP) is 6.83. The second-order valence-electron chi connectivity index (χ2n) is 11.1. The Morgan fingerprint density at radius 1 is 1.09 bits per heavy atom. The zero-order valence-corrected chi connectivity index (χ0v) is 28.3. The number of amidine groups is 1. The summed E-state index contributed by atoms with van der Waals surface area (Å²) in [6.07, 6.45) is 9.81. The molecule has 1 amide bonds. The molecule has 3 rings (SSSR count). The molecule has 234 valence electrons. The number of rotatable bonds is 14. The van der Waals surface area contributed by atoms with Crippen molar-refractivity contribution < 1.29 is 27.4 Å². The van der Waals surface area contributed by atoms with Crippen LogP contribution in [-0.2, 0) is 10.3 Å². The molecule has 0 unspecified atom stereocenters. The van der Waals surface area contributed by atoms with E-state index >= 15 is 0 Å². The van der Waals surface area contributed by atoms with Crippen molar-refractivity contribution in [3.63, 3.8) is 0 Å². The van der Waals surface area contributed by atoms with Crippen LogP contribution in [0.2, 0.25) is 13.3 Å². The number of carbonyl (C=O) groups is 1. The van der Waals surface area contributed by atoms with Gasteiger partial charge in [0.25, 0.3) is 6.02 Å². The van der Waals surface area contributed by atoms with E-state index in [1.165, 1.54) is 70.3 Å². The third kappa shape index (κ3) is 9.00. The maximum absolute atomic E-state index is 14.7. The second-order valence-corrected chi connectivity index (χ2v) is 23.4. The van der Waals surface area contributed by atoms with E-state index < -0.39 is 59.8 Å². The van der Waals surface area contributed by atoms with Gasteiger partial charge in [-0.05, 0) is 13.0 Å². The molecule has 8 nitrogen and oxygen atoms in total. The molecule has 1 aromatic heterocycles. The van der Waals surface area contributed by atoms with Crippen LogP contribution in [0, 0.1) is 15.7 Å². The summed E-state index contributed by atoms with van der Waals surface area (Å²) in [5.74, 6) is -1.64. The SMILES string of the molecule is CCC[CH2][Sn]([C]#CCOc1cnc(C(=O)Nc2ccc(F)c([C@@]3(C)OC(N)=NCC3(F)F)c2)cn1)([CH2]CCC)[CH2]CCC. The maximum atomic E-state index is 14.7. The van der Waals surface area contributed by atoms with Gasteiger partial charge in [0, 0.05) is 5.56 Å². The molecule has 0 spiro atoms. The molecular weight excluding hydrogens is 666 g/mol. The van der Waals surface area contributed by atoms with E-state index in [9.17, 15) is 18.0 Å². The number of carbonyl (C=O) groups excluding carboxylic acids is 1. The van der Waals surface area contributed by atoms with Gasteiger partial charge in [0.2, 0.25) is 5.60 Å². The van der Waals surface area contributed by atoms with Crippen LogP contribution in [0.25, 0.3) is 0 Å². The number of amides is 1. The molecule has 0 aliphatic carbocycles. The number of nitrogens with zero attached hydrogens (tertiary/aromatic N) is 3. The molecule has 2 heterocycles. The zero-order valence-electron chi connectivity index (χ0n) is 25.4. The standard InChI is InChI=1S/C19H15F3N5O3.3C4H9.Sn/c1-3-6-29-15-9-24-14(8-25-15)16(28)27-11-4-5-13(20)12(7-11)18(2)19(21,22)10-26-17(23)30-18;3*1-3-4-2;/h4-5,7-9H,6,10H2,2H3,(H2,23,26)(H,27,28);3*1,3-4H2,2H3;/t18-;;;;/m1..../s1. The van der Waals surface area contributed by atoms with Crippen molar-refractivity contribution in [1.82, 2.24) is 9.97 Å². The Kier molecular flexibility index (Phi) is 12.5. The summed E-state index contributed by atoms with van der Waals surface area (Å²) in [6.45, 7) is 6.95. The topological polar surface area (TPSA) is 112 Å². The Balaban J connectivity index is 1.67. The van der Waals surface area contributed by atoms with E-state index in [4.69, 9.17) is 15.2 Å². The number of benzene rings is 1. The summed E-state index contributed by atoms with van der Waals surface area (Å²) in [6, 6.07) is 2.81. The molecule has 1 atom stereocenters. The van der Waals surface area contributed by atoms with Gasteiger partial charge < -0.3 is 10.5 Å². The fraction of sp³-hybridized carbons (Fsp3) is 0.548. The molecule has 0 bridgehead atoms. The molecule has 2 aromatic rings. The van der Waals surface area contributed by atoms with E-state index in [-0.39, 0.29) is 23.9 Å². The summed E-state index contributed by atoms with van der Waals surface area (Å²) in [5.41, 5.74) is 2.63. The molecule has 0 saturated heterocycles. The zero-order chi connectivity index (χ0) is 31.5. The summed E-state index contributed by atoms with van der Waals surface area (Å²) in [4.78, 5) is 24.5. The monoisotopic (exact) mass is 709 g/mol. The van der Waals surface area contributed by atoms with Crippen molar-refractivity contribution in [3.05, 3.63) is 47.7 Å². The number of ether oxygens (including phenoxy) is 2. The van der Waals surface area contributed by atoms with Crippen LogP contribution in [0.15, 0.2) is 35.6 Å². The number of hydrogen-bond donors (Lipinski definition) is 2. The van der Waals surface area contributed by atoms with Crippen molar-refractivity contribution in [3.8, 4) is 15.7 Å². The fourth-order valence-corrected chi connectivity index (χ4v) is 18.3. The molecule has 1 aliphatic rings. The van der Waals surface area contributed by atoms with Crippen LogP contribution < -0.4 is 15.8 Å². The van der Waals surface area contributed by atoms with Crippen LogP contribution in [0.5, 0.6) is 5.88 Å². The van der Waals surface area contributed by atoms with Gasteiger partial charge in [-0.15, -0.1) is 0 Å². The Labute approximate surface area is 256 Å². The molecule has 0 radical (unpaired) electrons. The number of hydrogen-bond acceptors (Lipinski definition) is 7. The Morgan fingerprint density at radius 3 is 2.33 bits per heavy atom. The van der Waals surface area contributed by atoms with Gasteiger partial charge in [-0.2, -0.15) is 8.78 Å². The Morgan fingerprint density at radius 2 is 1.74 bits per heavy atom. The van der Waals surface area contributed by atoms with Crippen molar-refractivity contribution in [1.29, 1.82) is 0 Å². The number of unbranched alkanes of at least 4 members (excludes halogenated alkanes) is 3. The Bertz CT molecular complexity index is 1310. The third-order valence-corrected chi connectivity index (χ3v) is 21.0. The number of anilines is 1. The van der Waals surface area contributed by atoms with Gasteiger partial charge in [-0.1, -0.05) is 0 Å². The Hall–Kier alpha value is -3.01. The number of aliphatic imine (C=N–C) groups is 1. The number of alkyl halides is 2. The number of halogens is 3. The van der Waals surface area contributed by atoms with Gasteiger partial charge in [-0.25, -0.2) is 9.38 Å². The van der Waals surface area contributed by atoms with Crippen LogP contribution >= 0.6 is 0 Å². The quantitative estimate of drug-likeness (QED) is 0.164. The molecule has 3 N–H and O–H groups in total. The van der Waals surface area contributed by atoms with Crippen LogP contribution in [-0.4, -0.2) is 59.3 Å². The van der Waals surface area contributed by atoms with Gasteiger partial charge in [-0.3, -0.25) is 0 Å². The summed E-state index contributed by atoms with van der Waals surface area (Å²) >= 11 is -2.58. The first-order valence-corrected chi connectivity index (χ1v) is 22.4. The summed E-state index contributed by atoms with van der Waals surface area (Å²) < 4.78 is 62.6. The molecule has 43 heavy (non-hydrogen) atoms. The van der Waals surface area contributed by atoms with Crippen LogP contribution in [0.4, 0.5) is 18.9 Å². The van der Waals surface area contributed by atoms with Crippen LogP contribution in [0.3, 0.4) is 0 Å². The van der Waals surface area contributed by atoms with E-state index in [0.29, 0.717) is 0 Å². The van der Waals surface area contributed by atoms with Crippen molar-refractivity contribution in [2.75, 3.05) is 18.5 Å². The fourth-order valence-electron chi connectivity index (χ4n) is 5.01. The van der Waals surface area contributed by atoms with E-state index in [2.05, 4.69) is 50.9 Å². The average molecular weight is 708 g/mol. The van der Waals surface area contributed by atoms with Crippen molar-refractivity contribution in [2.45, 2.75) is 91.1 Å². The van der Waals surface area contributed by atoms with Gasteiger partial charge in [0.1, 0.15) is 12.4 Å². The molecular formula is C31H42F3N5O3Sn. The predicted molar refractivity (Wildman–Crippen MR) is 164 cm³/mol. The first-order chi connectivity index (χ1) is 20.5. The third-order valence-electron chi connectivity index (χ3n) is 7.71. The second kappa shape index (κ2) is 15.6. The number of nitrogens with two attached hydrogens (primary N) is 1. The van der Waals surface area contributed by atoms with Crippen molar-refractivity contribution >= 4 is 36.0 Å². The molecule has 0 saturated carbocycles. The number of aromatic nitrogens is 2. The molecule has 1 aromatic carbocycles. The first kappa shape index (κ1) is 34.5. The number of nitrogens with one attached hydrogen (secondary N) is 1. The van der Waals surface area contributed by atoms with Gasteiger partial charge in [0.05, 0.1) is 0 Å². The summed E-state index contributed by atoms with van der Waals surface area (Å²) in [7, 11) is 0. The van der Waals surface area contributed by atoms with E-state index in [1.54, 1.807) is 0 Å². The van der Waals surface area contributed by atoms with Gasteiger partial charge in [0.15, 0.2) is 0 Å². The normalized spacial score (nSPS) is 17.7. The van der Waals surface area contributed by atoms with Crippen molar-refractivity contribution in [2.24, 2.45) is 10.7 Å². The van der Waals surface area contributed by atoms with Gasteiger partial charge >= 0.3 is 186 Å². The molecule has 12 heteroatoms. The average Bonchev–Trinajstić information content (AvgIpc) is 2.99.